The molecule has 1 atom stereocenters. The summed E-state index contributed by atoms with van der Waals surface area (Å²) in [5, 5.41) is 10.9. The van der Waals surface area contributed by atoms with Crippen LogP contribution in [0.4, 0.5) is 0 Å². The summed E-state index contributed by atoms with van der Waals surface area (Å²) in [4.78, 5) is 11.7. The van der Waals surface area contributed by atoms with Gasteiger partial charge in [0.15, 0.2) is 0 Å². The summed E-state index contributed by atoms with van der Waals surface area (Å²) in [5.41, 5.74) is 0.800. The maximum Gasteiger partial charge on any atom is 0.313 e. The molecule has 1 aliphatic rings. The van der Waals surface area contributed by atoms with Crippen molar-refractivity contribution >= 4 is 5.97 Å². The second kappa shape index (κ2) is 5.79. The Morgan fingerprint density at radius 2 is 2.25 bits per heavy atom. The minimum Gasteiger partial charge on any atom is -0.426 e. The van der Waals surface area contributed by atoms with Crippen LogP contribution in [0.15, 0.2) is 30.6 Å². The lowest BCUT2D eigenvalue weighted by Crippen LogP contribution is -2.17. The molecule has 0 N–H and O–H groups in total. The van der Waals surface area contributed by atoms with Gasteiger partial charge in [0.2, 0.25) is 0 Å². The van der Waals surface area contributed by atoms with Gasteiger partial charge in [-0.05, 0) is 47.5 Å². The Balaban J connectivity index is 1.59. The van der Waals surface area contributed by atoms with Crippen LogP contribution in [0, 0.1) is 0 Å². The first-order valence-corrected chi connectivity index (χ1v) is 6.47. The average molecular weight is 274 g/mol. The van der Waals surface area contributed by atoms with E-state index in [0.29, 0.717) is 12.2 Å². The second-order valence-electron chi connectivity index (χ2n) is 4.56. The van der Waals surface area contributed by atoms with Gasteiger partial charge >= 0.3 is 5.97 Å². The molecule has 20 heavy (non-hydrogen) atoms. The number of ether oxygens (including phenoxy) is 2. The molecule has 1 aromatic heterocycles. The number of nitrogens with zero attached hydrogens (tertiary/aromatic N) is 4. The molecule has 2 aromatic rings. The zero-order valence-electron chi connectivity index (χ0n) is 10.8. The minimum atomic E-state index is -0.271. The molecule has 3 rings (SSSR count). The summed E-state index contributed by atoms with van der Waals surface area (Å²) in [6.45, 7) is 0.735. The predicted molar refractivity (Wildman–Crippen MR) is 68.4 cm³/mol. The van der Waals surface area contributed by atoms with Gasteiger partial charge in [-0.15, -0.1) is 5.10 Å². The summed E-state index contributed by atoms with van der Waals surface area (Å²) in [6.07, 6.45) is 3.74. The molecule has 7 heteroatoms. The Morgan fingerprint density at radius 1 is 1.40 bits per heavy atom. The van der Waals surface area contributed by atoms with E-state index < -0.39 is 0 Å². The van der Waals surface area contributed by atoms with Crippen molar-refractivity contribution in [3.8, 4) is 11.4 Å². The third-order valence-corrected chi connectivity index (χ3v) is 3.10. The molecule has 0 radical (unpaired) electrons. The molecule has 0 spiro atoms. The molecule has 2 heterocycles. The third kappa shape index (κ3) is 3.00. The molecule has 1 aromatic carbocycles. The maximum atomic E-state index is 11.7. The first-order valence-electron chi connectivity index (χ1n) is 6.47. The van der Waals surface area contributed by atoms with Gasteiger partial charge in [0.25, 0.3) is 0 Å². The molecule has 7 nitrogen and oxygen atoms in total. The van der Waals surface area contributed by atoms with Gasteiger partial charge in [-0.2, -0.15) is 0 Å². The monoisotopic (exact) mass is 274 g/mol. The number of esters is 1. The van der Waals surface area contributed by atoms with Crippen LogP contribution in [-0.4, -0.2) is 38.9 Å². The van der Waals surface area contributed by atoms with Crippen LogP contribution in [0.3, 0.4) is 0 Å². The van der Waals surface area contributed by atoms with Crippen molar-refractivity contribution in [2.24, 2.45) is 0 Å². The number of carbonyl (C=O) groups excluding carboxylic acids is 1. The third-order valence-electron chi connectivity index (χ3n) is 3.10. The van der Waals surface area contributed by atoms with E-state index in [1.165, 1.54) is 11.0 Å². The number of aromatic nitrogens is 4. The van der Waals surface area contributed by atoms with E-state index in [2.05, 4.69) is 15.5 Å². The lowest BCUT2D eigenvalue weighted by atomic mass is 10.2. The van der Waals surface area contributed by atoms with Gasteiger partial charge in [-0.3, -0.25) is 4.79 Å². The van der Waals surface area contributed by atoms with Gasteiger partial charge in [-0.25, -0.2) is 4.68 Å². The Hall–Kier alpha value is -2.28. The second-order valence-corrected chi connectivity index (χ2v) is 4.56. The molecule has 0 aliphatic carbocycles. The van der Waals surface area contributed by atoms with E-state index in [9.17, 15) is 4.79 Å². The topological polar surface area (TPSA) is 79.1 Å². The highest BCUT2D eigenvalue weighted by molar-refractivity contribution is 5.73. The van der Waals surface area contributed by atoms with E-state index in [4.69, 9.17) is 9.47 Å². The summed E-state index contributed by atoms with van der Waals surface area (Å²) < 4.78 is 12.2. The van der Waals surface area contributed by atoms with Gasteiger partial charge in [0.05, 0.1) is 18.2 Å². The van der Waals surface area contributed by atoms with Crippen molar-refractivity contribution in [3.05, 3.63) is 30.6 Å². The van der Waals surface area contributed by atoms with Gasteiger partial charge < -0.3 is 9.47 Å². The zero-order chi connectivity index (χ0) is 13.8. The molecule has 1 saturated heterocycles. The standard InChI is InChI=1S/C13H14N4O3/c18-13(8-12-2-1-7-19-12)20-11-5-3-10(4-6-11)17-9-14-15-16-17/h3-6,9,12H,1-2,7-8H2. The highest BCUT2D eigenvalue weighted by Gasteiger charge is 2.20. The predicted octanol–water partition coefficient (Wildman–Crippen LogP) is 1.14. The summed E-state index contributed by atoms with van der Waals surface area (Å²) in [5.74, 6) is 0.233. The largest absolute Gasteiger partial charge is 0.426 e. The molecular weight excluding hydrogens is 260 g/mol. The molecule has 0 saturated carbocycles. The van der Waals surface area contributed by atoms with Crippen molar-refractivity contribution in [2.75, 3.05) is 6.61 Å². The fourth-order valence-corrected chi connectivity index (χ4v) is 2.11. The highest BCUT2D eigenvalue weighted by Crippen LogP contribution is 2.18. The molecule has 1 aliphatic heterocycles. The molecule has 0 bridgehead atoms. The lowest BCUT2D eigenvalue weighted by molar-refractivity contribution is -0.136. The van der Waals surface area contributed by atoms with Gasteiger partial charge in [0, 0.05) is 6.61 Å². The first kappa shape index (κ1) is 12.7. The number of tetrazole rings is 1. The van der Waals surface area contributed by atoms with E-state index in [1.807, 2.05) is 0 Å². The van der Waals surface area contributed by atoms with Crippen molar-refractivity contribution in [2.45, 2.75) is 25.4 Å². The van der Waals surface area contributed by atoms with Crippen LogP contribution in [-0.2, 0) is 9.53 Å². The Bertz CT molecular complexity index is 562. The van der Waals surface area contributed by atoms with Crippen LogP contribution in [0.2, 0.25) is 0 Å². The quantitative estimate of drug-likeness (QED) is 0.614. The lowest BCUT2D eigenvalue weighted by Gasteiger charge is -2.09. The van der Waals surface area contributed by atoms with Crippen LogP contribution in [0.25, 0.3) is 5.69 Å². The highest BCUT2D eigenvalue weighted by atomic mass is 16.5. The van der Waals surface area contributed by atoms with E-state index in [1.54, 1.807) is 24.3 Å². The van der Waals surface area contributed by atoms with Crippen LogP contribution in [0.5, 0.6) is 5.75 Å². The van der Waals surface area contributed by atoms with Crippen LogP contribution < -0.4 is 4.74 Å². The maximum absolute atomic E-state index is 11.7. The molecule has 0 amide bonds. The Labute approximate surface area is 115 Å². The van der Waals surface area contributed by atoms with Crippen LogP contribution >= 0.6 is 0 Å². The molecular formula is C13H14N4O3. The minimum absolute atomic E-state index is 0.00277. The van der Waals surface area contributed by atoms with E-state index in [-0.39, 0.29) is 12.1 Å². The van der Waals surface area contributed by atoms with Crippen LogP contribution in [0.1, 0.15) is 19.3 Å². The van der Waals surface area contributed by atoms with Crippen molar-refractivity contribution in [1.29, 1.82) is 0 Å². The summed E-state index contributed by atoms with van der Waals surface area (Å²) >= 11 is 0. The first-order chi connectivity index (χ1) is 9.81. The smallest absolute Gasteiger partial charge is 0.313 e. The van der Waals surface area contributed by atoms with Gasteiger partial charge in [0.1, 0.15) is 12.1 Å². The van der Waals surface area contributed by atoms with E-state index in [0.717, 1.165) is 25.1 Å². The Morgan fingerprint density at radius 3 is 2.90 bits per heavy atom. The molecule has 104 valence electrons. The fraction of sp³-hybridized carbons (Fsp3) is 0.385. The fourth-order valence-electron chi connectivity index (χ4n) is 2.11. The van der Waals surface area contributed by atoms with Gasteiger partial charge in [-0.1, -0.05) is 0 Å². The summed E-state index contributed by atoms with van der Waals surface area (Å²) in [6, 6.07) is 6.99. The SMILES string of the molecule is O=C(CC1CCCO1)Oc1ccc(-n2cnnn2)cc1. The van der Waals surface area contributed by atoms with Crippen molar-refractivity contribution < 1.29 is 14.3 Å². The molecule has 1 unspecified atom stereocenters. The number of carbonyl (C=O) groups is 1. The number of hydrogen-bond acceptors (Lipinski definition) is 6. The number of hydrogen-bond donors (Lipinski definition) is 0. The Kier molecular flexibility index (Phi) is 3.69. The normalized spacial score (nSPS) is 18.1. The zero-order valence-corrected chi connectivity index (χ0v) is 10.8. The number of rotatable bonds is 4. The van der Waals surface area contributed by atoms with Crippen molar-refractivity contribution in [1.82, 2.24) is 20.2 Å². The summed E-state index contributed by atoms with van der Waals surface area (Å²) in [7, 11) is 0. The van der Waals surface area contributed by atoms with E-state index >= 15 is 0 Å². The average Bonchev–Trinajstić information content (AvgIpc) is 3.12. The van der Waals surface area contributed by atoms with Crippen molar-refractivity contribution in [3.63, 3.8) is 0 Å². The molecule has 1 fully saturated rings. The number of benzene rings is 1.